The molecule has 0 amide bonds. The highest BCUT2D eigenvalue weighted by Gasteiger charge is 2.30. The van der Waals surface area contributed by atoms with Gasteiger partial charge in [0.25, 0.3) is 0 Å². The van der Waals surface area contributed by atoms with Crippen molar-refractivity contribution in [2.75, 3.05) is 6.61 Å². The first-order valence-electron chi connectivity index (χ1n) is 9.75. The summed E-state index contributed by atoms with van der Waals surface area (Å²) in [6, 6.07) is 0. The van der Waals surface area contributed by atoms with Crippen molar-refractivity contribution in [1.29, 1.82) is 0 Å². The lowest BCUT2D eigenvalue weighted by Gasteiger charge is -2.30. The molecular weight excluding hydrogens is 344 g/mol. The van der Waals surface area contributed by atoms with E-state index in [9.17, 15) is 20.1 Å². The minimum absolute atomic E-state index is 0.0725. The van der Waals surface area contributed by atoms with E-state index in [2.05, 4.69) is 12.7 Å². The monoisotopic (exact) mass is 380 g/mol. The van der Waals surface area contributed by atoms with Crippen LogP contribution in [0.3, 0.4) is 0 Å². The molecule has 0 saturated carbocycles. The molecule has 0 unspecified atom stereocenters. The normalized spacial score (nSPS) is 33.2. The molecule has 1 aliphatic rings. The summed E-state index contributed by atoms with van der Waals surface area (Å²) in [5, 5.41) is 31.7. The van der Waals surface area contributed by atoms with Crippen LogP contribution >= 0.6 is 0 Å². The van der Waals surface area contributed by atoms with Gasteiger partial charge < -0.3 is 20.1 Å². The maximum absolute atomic E-state index is 11.2. The minimum atomic E-state index is -1.19. The van der Waals surface area contributed by atoms with E-state index in [1.54, 1.807) is 13.0 Å². The van der Waals surface area contributed by atoms with E-state index < -0.39 is 23.8 Å². The standard InChI is InChI=1S/C22H36O5/c1-15(2)19-10-8-16(3)7-6-12-22(5,26)21(25)11-9-18(13-20(19)24)14-27-17(4)23/h7,13,19-21,24-26H,1,6,8-12,14H2,2-5H3/b16-7+,18-13?/t19-,20+,21-,22+/m1/s1. The van der Waals surface area contributed by atoms with Crippen LogP contribution in [-0.2, 0) is 9.53 Å². The number of ether oxygens (including phenoxy) is 1. The molecule has 0 spiro atoms. The average Bonchev–Trinajstić information content (AvgIpc) is 2.55. The molecule has 0 aromatic rings. The highest BCUT2D eigenvalue weighted by atomic mass is 16.5. The molecule has 1 aliphatic carbocycles. The number of carbonyl (C=O) groups is 1. The fourth-order valence-electron chi connectivity index (χ4n) is 3.36. The molecule has 154 valence electrons. The van der Waals surface area contributed by atoms with E-state index in [0.717, 1.165) is 24.0 Å². The van der Waals surface area contributed by atoms with Crippen LogP contribution in [0.2, 0.25) is 0 Å². The molecule has 0 bridgehead atoms. The van der Waals surface area contributed by atoms with Crippen molar-refractivity contribution in [2.24, 2.45) is 5.92 Å². The first-order valence-corrected chi connectivity index (χ1v) is 9.75. The van der Waals surface area contributed by atoms with E-state index in [4.69, 9.17) is 4.74 Å². The predicted molar refractivity (Wildman–Crippen MR) is 107 cm³/mol. The highest BCUT2D eigenvalue weighted by Crippen LogP contribution is 2.28. The van der Waals surface area contributed by atoms with E-state index in [0.29, 0.717) is 25.7 Å². The third kappa shape index (κ3) is 8.41. The molecule has 0 heterocycles. The van der Waals surface area contributed by atoms with Crippen LogP contribution in [0.15, 0.2) is 35.5 Å². The molecule has 0 aliphatic heterocycles. The number of rotatable bonds is 3. The molecule has 5 heteroatoms. The minimum Gasteiger partial charge on any atom is -0.461 e. The van der Waals surface area contributed by atoms with Gasteiger partial charge in [0.05, 0.1) is 17.8 Å². The summed E-state index contributed by atoms with van der Waals surface area (Å²) in [6.07, 6.45) is 5.69. The van der Waals surface area contributed by atoms with Crippen LogP contribution in [0.5, 0.6) is 0 Å². The summed E-state index contributed by atoms with van der Waals surface area (Å²) in [4.78, 5) is 11.2. The highest BCUT2D eigenvalue weighted by molar-refractivity contribution is 5.66. The average molecular weight is 381 g/mol. The summed E-state index contributed by atoms with van der Waals surface area (Å²) in [6.45, 7) is 11.0. The molecule has 4 atom stereocenters. The van der Waals surface area contributed by atoms with Crippen LogP contribution < -0.4 is 0 Å². The first kappa shape index (κ1) is 23.6. The second-order valence-corrected chi connectivity index (χ2v) is 8.09. The van der Waals surface area contributed by atoms with Crippen LogP contribution in [0, 0.1) is 5.92 Å². The Morgan fingerprint density at radius 1 is 1.30 bits per heavy atom. The zero-order valence-corrected chi connectivity index (χ0v) is 17.2. The second-order valence-electron chi connectivity index (χ2n) is 8.09. The van der Waals surface area contributed by atoms with Crippen molar-refractivity contribution in [3.8, 4) is 0 Å². The molecular formula is C22H36O5. The van der Waals surface area contributed by atoms with Crippen molar-refractivity contribution >= 4 is 5.97 Å². The number of allylic oxidation sites excluding steroid dienone is 2. The lowest BCUT2D eigenvalue weighted by molar-refractivity contribution is -0.140. The van der Waals surface area contributed by atoms with E-state index in [1.165, 1.54) is 12.5 Å². The molecule has 3 N–H and O–H groups in total. The Hall–Kier alpha value is -1.43. The third-order valence-electron chi connectivity index (χ3n) is 5.36. The Labute approximate surface area is 163 Å². The van der Waals surface area contributed by atoms with Gasteiger partial charge in [0.1, 0.15) is 6.61 Å². The molecule has 0 saturated heterocycles. The predicted octanol–water partition coefficient (Wildman–Crippen LogP) is 3.44. The fourth-order valence-corrected chi connectivity index (χ4v) is 3.36. The summed E-state index contributed by atoms with van der Waals surface area (Å²) in [5.41, 5.74) is 1.66. The van der Waals surface area contributed by atoms with Crippen LogP contribution in [-0.4, -0.2) is 45.7 Å². The van der Waals surface area contributed by atoms with Crippen molar-refractivity contribution in [3.63, 3.8) is 0 Å². The molecule has 1 rings (SSSR count). The first-order chi connectivity index (χ1) is 12.5. The van der Waals surface area contributed by atoms with Gasteiger partial charge in [-0.05, 0) is 64.9 Å². The zero-order chi connectivity index (χ0) is 20.6. The summed E-state index contributed by atoms with van der Waals surface area (Å²) in [7, 11) is 0. The van der Waals surface area contributed by atoms with Gasteiger partial charge >= 0.3 is 5.97 Å². The summed E-state index contributed by atoms with van der Waals surface area (Å²) < 4.78 is 5.10. The Morgan fingerprint density at radius 3 is 2.56 bits per heavy atom. The van der Waals surface area contributed by atoms with Crippen LogP contribution in [0.4, 0.5) is 0 Å². The number of hydrogen-bond donors (Lipinski definition) is 3. The number of esters is 1. The quantitative estimate of drug-likeness (QED) is 0.516. The number of hydrogen-bond acceptors (Lipinski definition) is 5. The Morgan fingerprint density at radius 2 is 1.96 bits per heavy atom. The molecule has 0 aromatic heterocycles. The van der Waals surface area contributed by atoms with Crippen LogP contribution in [0.1, 0.15) is 66.2 Å². The van der Waals surface area contributed by atoms with Crippen molar-refractivity contribution in [3.05, 3.63) is 35.5 Å². The van der Waals surface area contributed by atoms with Crippen LogP contribution in [0.25, 0.3) is 0 Å². The number of aliphatic hydroxyl groups is 3. The Kier molecular flexibility index (Phi) is 9.43. The van der Waals surface area contributed by atoms with Crippen molar-refractivity contribution < 1.29 is 24.9 Å². The van der Waals surface area contributed by atoms with Crippen molar-refractivity contribution in [2.45, 2.75) is 84.0 Å². The van der Waals surface area contributed by atoms with E-state index in [-0.39, 0.29) is 12.5 Å². The van der Waals surface area contributed by atoms with Gasteiger partial charge in [0, 0.05) is 12.8 Å². The number of carbonyl (C=O) groups excluding carboxylic acids is 1. The van der Waals surface area contributed by atoms with Gasteiger partial charge in [-0.3, -0.25) is 4.79 Å². The van der Waals surface area contributed by atoms with Crippen molar-refractivity contribution in [1.82, 2.24) is 0 Å². The van der Waals surface area contributed by atoms with Gasteiger partial charge in [0.15, 0.2) is 0 Å². The maximum Gasteiger partial charge on any atom is 0.302 e. The van der Waals surface area contributed by atoms with Gasteiger partial charge in [-0.2, -0.15) is 0 Å². The lowest BCUT2D eigenvalue weighted by Crippen LogP contribution is -2.39. The van der Waals surface area contributed by atoms with Gasteiger partial charge in [-0.15, -0.1) is 0 Å². The molecule has 27 heavy (non-hydrogen) atoms. The summed E-state index contributed by atoms with van der Waals surface area (Å²) in [5.74, 6) is -0.480. The van der Waals surface area contributed by atoms with Gasteiger partial charge in [0.2, 0.25) is 0 Å². The fraction of sp³-hybridized carbons (Fsp3) is 0.682. The largest absolute Gasteiger partial charge is 0.461 e. The van der Waals surface area contributed by atoms with E-state index in [1.807, 2.05) is 13.8 Å². The topological polar surface area (TPSA) is 87.0 Å². The zero-order valence-electron chi connectivity index (χ0n) is 17.2. The number of aliphatic hydroxyl groups excluding tert-OH is 2. The van der Waals surface area contributed by atoms with E-state index >= 15 is 0 Å². The second kappa shape index (κ2) is 10.8. The smallest absolute Gasteiger partial charge is 0.302 e. The molecule has 0 aromatic carbocycles. The van der Waals surface area contributed by atoms with Gasteiger partial charge in [-0.1, -0.05) is 29.9 Å². The molecule has 0 radical (unpaired) electrons. The van der Waals surface area contributed by atoms with Gasteiger partial charge in [-0.25, -0.2) is 0 Å². The SMILES string of the molecule is C=C(C)[C@H]1CC/C(C)=C/CC[C@](C)(O)[C@H](O)CCC(COC(C)=O)=C[C@@H]1O. The third-order valence-corrected chi connectivity index (χ3v) is 5.36. The summed E-state index contributed by atoms with van der Waals surface area (Å²) >= 11 is 0. The molecule has 0 fully saturated rings. The molecule has 5 nitrogen and oxygen atoms in total. The lowest BCUT2D eigenvalue weighted by atomic mass is 9.85. The Balaban J connectivity index is 3.10. The maximum atomic E-state index is 11.2. The Bertz CT molecular complexity index is 573.